The number of amides is 1. The van der Waals surface area contributed by atoms with Crippen molar-refractivity contribution in [1.29, 1.82) is 0 Å². The van der Waals surface area contributed by atoms with Crippen molar-refractivity contribution in [2.24, 2.45) is 5.92 Å². The quantitative estimate of drug-likeness (QED) is 0.794. The van der Waals surface area contributed by atoms with E-state index in [-0.39, 0.29) is 17.9 Å². The van der Waals surface area contributed by atoms with Crippen LogP contribution in [-0.4, -0.2) is 53.4 Å². The lowest BCUT2D eigenvalue weighted by Gasteiger charge is -2.19. The van der Waals surface area contributed by atoms with Crippen molar-refractivity contribution in [2.75, 3.05) is 26.3 Å². The average Bonchev–Trinajstić information content (AvgIpc) is 3.10. The summed E-state index contributed by atoms with van der Waals surface area (Å²) in [6.45, 7) is 2.64. The second-order valence-corrected chi connectivity index (χ2v) is 4.94. The molecule has 2 aliphatic rings. The van der Waals surface area contributed by atoms with Crippen molar-refractivity contribution in [3.05, 3.63) is 18.3 Å². The van der Waals surface area contributed by atoms with E-state index >= 15 is 0 Å². The van der Waals surface area contributed by atoms with Gasteiger partial charge in [-0.2, -0.15) is 5.10 Å². The minimum absolute atomic E-state index is 0.0166. The van der Waals surface area contributed by atoms with Gasteiger partial charge in [-0.05, 0) is 12.5 Å². The fourth-order valence-corrected chi connectivity index (χ4v) is 2.53. The Bertz CT molecular complexity index is 434. The van der Waals surface area contributed by atoms with Gasteiger partial charge in [-0.25, -0.2) is 0 Å². The summed E-state index contributed by atoms with van der Waals surface area (Å²) in [5.74, 6) is 0.754. The first-order valence-corrected chi connectivity index (χ1v) is 6.64. The molecule has 0 aliphatic carbocycles. The van der Waals surface area contributed by atoms with E-state index in [9.17, 15) is 4.79 Å². The molecule has 0 radical (unpaired) electrons. The number of likely N-dealkylation sites (tertiary alicyclic amines) is 1. The number of carbonyl (C=O) groups excluding carboxylic acids is 1. The molecule has 2 fully saturated rings. The van der Waals surface area contributed by atoms with Gasteiger partial charge in [-0.3, -0.25) is 4.79 Å². The Morgan fingerprint density at radius 3 is 3.16 bits per heavy atom. The monoisotopic (exact) mass is 263 g/mol. The third kappa shape index (κ3) is 2.84. The lowest BCUT2D eigenvalue weighted by atomic mass is 10.1. The van der Waals surface area contributed by atoms with Gasteiger partial charge >= 0.3 is 0 Å². The van der Waals surface area contributed by atoms with Crippen LogP contribution in [0.3, 0.4) is 0 Å². The van der Waals surface area contributed by atoms with Crippen LogP contribution < -0.4 is 4.74 Å². The van der Waals surface area contributed by atoms with Crippen LogP contribution in [0.4, 0.5) is 0 Å². The summed E-state index contributed by atoms with van der Waals surface area (Å²) >= 11 is 0. The summed E-state index contributed by atoms with van der Waals surface area (Å²) in [5.41, 5.74) is 0. The molecule has 1 aromatic rings. The van der Waals surface area contributed by atoms with E-state index in [2.05, 4.69) is 10.2 Å². The molecular weight excluding hydrogens is 246 g/mol. The molecule has 3 rings (SSSR count). The molecule has 2 aliphatic heterocycles. The highest BCUT2D eigenvalue weighted by Crippen LogP contribution is 2.21. The van der Waals surface area contributed by atoms with Crippen LogP contribution in [0.1, 0.15) is 12.8 Å². The van der Waals surface area contributed by atoms with Crippen molar-refractivity contribution in [2.45, 2.75) is 18.9 Å². The number of hydrogen-bond acceptors (Lipinski definition) is 5. The van der Waals surface area contributed by atoms with Gasteiger partial charge < -0.3 is 14.4 Å². The first-order chi connectivity index (χ1) is 9.33. The number of ether oxygens (including phenoxy) is 2. The van der Waals surface area contributed by atoms with E-state index in [0.717, 1.165) is 19.4 Å². The maximum absolute atomic E-state index is 12.2. The molecule has 0 saturated carbocycles. The van der Waals surface area contributed by atoms with Crippen LogP contribution in [-0.2, 0) is 9.53 Å². The predicted octanol–water partition coefficient (Wildman–Crippen LogP) is 0.493. The van der Waals surface area contributed by atoms with Gasteiger partial charge in [0.2, 0.25) is 11.8 Å². The maximum atomic E-state index is 12.2. The Labute approximate surface area is 111 Å². The zero-order valence-electron chi connectivity index (χ0n) is 10.7. The van der Waals surface area contributed by atoms with Crippen molar-refractivity contribution in [3.63, 3.8) is 0 Å². The van der Waals surface area contributed by atoms with Crippen molar-refractivity contribution < 1.29 is 14.3 Å². The first kappa shape index (κ1) is 12.3. The third-order valence-electron chi connectivity index (χ3n) is 3.57. The Hall–Kier alpha value is -1.69. The molecule has 19 heavy (non-hydrogen) atoms. The molecular formula is C13H17N3O3. The Balaban J connectivity index is 1.53. The maximum Gasteiger partial charge on any atom is 0.233 e. The van der Waals surface area contributed by atoms with E-state index < -0.39 is 0 Å². The summed E-state index contributed by atoms with van der Waals surface area (Å²) in [7, 11) is 0. The molecule has 0 spiro atoms. The fraction of sp³-hybridized carbons (Fsp3) is 0.615. The van der Waals surface area contributed by atoms with Crippen LogP contribution in [0.5, 0.6) is 5.88 Å². The molecule has 2 unspecified atom stereocenters. The Morgan fingerprint density at radius 2 is 2.42 bits per heavy atom. The van der Waals surface area contributed by atoms with E-state index in [1.54, 1.807) is 18.3 Å². The summed E-state index contributed by atoms with van der Waals surface area (Å²) in [5, 5.41) is 7.67. The zero-order chi connectivity index (χ0) is 13.1. The van der Waals surface area contributed by atoms with Gasteiger partial charge in [-0.1, -0.05) is 0 Å². The van der Waals surface area contributed by atoms with Crippen LogP contribution in [0.2, 0.25) is 0 Å². The van der Waals surface area contributed by atoms with Crippen LogP contribution in [0.25, 0.3) is 0 Å². The Kier molecular flexibility index (Phi) is 3.59. The number of rotatable bonds is 3. The summed E-state index contributed by atoms with van der Waals surface area (Å²) in [4.78, 5) is 14.1. The molecule has 0 bridgehead atoms. The molecule has 1 amide bonds. The van der Waals surface area contributed by atoms with Crippen LogP contribution >= 0.6 is 0 Å². The SMILES string of the molecule is O=C(C1CCOC1)N1CCC(Oc2cccnn2)C1. The highest BCUT2D eigenvalue weighted by molar-refractivity contribution is 5.79. The molecule has 102 valence electrons. The molecule has 6 nitrogen and oxygen atoms in total. The highest BCUT2D eigenvalue weighted by Gasteiger charge is 2.33. The largest absolute Gasteiger partial charge is 0.471 e. The van der Waals surface area contributed by atoms with Gasteiger partial charge in [0.05, 0.1) is 19.1 Å². The topological polar surface area (TPSA) is 64.5 Å². The van der Waals surface area contributed by atoms with E-state index in [4.69, 9.17) is 9.47 Å². The lowest BCUT2D eigenvalue weighted by molar-refractivity contribution is -0.134. The second kappa shape index (κ2) is 5.52. The van der Waals surface area contributed by atoms with Crippen LogP contribution in [0.15, 0.2) is 18.3 Å². The fourth-order valence-electron chi connectivity index (χ4n) is 2.53. The van der Waals surface area contributed by atoms with Gasteiger partial charge in [0.15, 0.2) is 0 Å². The number of nitrogens with zero attached hydrogens (tertiary/aromatic N) is 3. The van der Waals surface area contributed by atoms with Gasteiger partial charge in [-0.15, -0.1) is 5.10 Å². The van der Waals surface area contributed by atoms with Gasteiger partial charge in [0, 0.05) is 31.8 Å². The van der Waals surface area contributed by atoms with Gasteiger partial charge in [0.25, 0.3) is 0 Å². The van der Waals surface area contributed by atoms with Crippen molar-refractivity contribution in [3.8, 4) is 5.88 Å². The summed E-state index contributed by atoms with van der Waals surface area (Å²) < 4.78 is 11.0. The van der Waals surface area contributed by atoms with E-state index in [1.165, 1.54) is 0 Å². The predicted molar refractivity (Wildman–Crippen MR) is 66.6 cm³/mol. The minimum Gasteiger partial charge on any atom is -0.471 e. The van der Waals surface area contributed by atoms with Crippen LogP contribution in [0, 0.1) is 5.92 Å². The molecule has 3 heterocycles. The molecule has 2 atom stereocenters. The van der Waals surface area contributed by atoms with E-state index in [0.29, 0.717) is 25.6 Å². The van der Waals surface area contributed by atoms with Crippen molar-refractivity contribution in [1.82, 2.24) is 15.1 Å². The Morgan fingerprint density at radius 1 is 1.47 bits per heavy atom. The first-order valence-electron chi connectivity index (χ1n) is 6.64. The minimum atomic E-state index is 0.0166. The average molecular weight is 263 g/mol. The number of carbonyl (C=O) groups is 1. The van der Waals surface area contributed by atoms with Crippen molar-refractivity contribution >= 4 is 5.91 Å². The molecule has 6 heteroatoms. The molecule has 1 aromatic heterocycles. The van der Waals surface area contributed by atoms with E-state index in [1.807, 2.05) is 4.90 Å². The lowest BCUT2D eigenvalue weighted by Crippen LogP contribution is -2.36. The summed E-state index contributed by atoms with van der Waals surface area (Å²) in [6.07, 6.45) is 3.31. The standard InChI is InChI=1S/C13H17N3O3/c17-13(10-4-7-18-9-10)16-6-3-11(8-16)19-12-2-1-5-14-15-12/h1-2,5,10-11H,3-4,6-9H2. The number of aromatic nitrogens is 2. The molecule has 0 N–H and O–H groups in total. The smallest absolute Gasteiger partial charge is 0.233 e. The zero-order valence-corrected chi connectivity index (χ0v) is 10.7. The highest BCUT2D eigenvalue weighted by atomic mass is 16.5. The number of hydrogen-bond donors (Lipinski definition) is 0. The molecule has 2 saturated heterocycles. The molecule has 0 aromatic carbocycles. The normalized spacial score (nSPS) is 26.6. The summed E-state index contributed by atoms with van der Waals surface area (Å²) in [6, 6.07) is 3.57. The third-order valence-corrected chi connectivity index (χ3v) is 3.57. The van der Waals surface area contributed by atoms with Gasteiger partial charge in [0.1, 0.15) is 6.10 Å². The second-order valence-electron chi connectivity index (χ2n) is 4.94.